The van der Waals surface area contributed by atoms with Crippen LogP contribution in [0.4, 0.5) is 16.4 Å². The van der Waals surface area contributed by atoms with Crippen LogP contribution in [0, 0.1) is 6.92 Å². The van der Waals surface area contributed by atoms with Crippen molar-refractivity contribution in [3.05, 3.63) is 76.7 Å². The first-order valence-corrected chi connectivity index (χ1v) is 11.3. The number of aliphatic hydroxyl groups excluding tert-OH is 1. The van der Waals surface area contributed by atoms with Crippen LogP contribution in [0.3, 0.4) is 0 Å². The number of amidine groups is 1. The van der Waals surface area contributed by atoms with Crippen molar-refractivity contribution in [3.63, 3.8) is 0 Å². The fourth-order valence-electron chi connectivity index (χ4n) is 4.24. The molecular formula is C24H26N4OS. The third-order valence-corrected chi connectivity index (χ3v) is 6.69. The SMILES string of the molecule is Cc1cc2c(s1)Nc1ccccc1N=C2N1CCN[C@@H](C[C@@H](O)c2ccccc2)C1. The zero-order valence-corrected chi connectivity index (χ0v) is 17.8. The molecule has 0 radical (unpaired) electrons. The van der Waals surface area contributed by atoms with E-state index in [1.54, 1.807) is 11.3 Å². The summed E-state index contributed by atoms with van der Waals surface area (Å²) in [7, 11) is 0. The predicted molar refractivity (Wildman–Crippen MR) is 124 cm³/mol. The lowest BCUT2D eigenvalue weighted by molar-refractivity contribution is 0.136. The van der Waals surface area contributed by atoms with Gasteiger partial charge in [0.2, 0.25) is 0 Å². The molecule has 30 heavy (non-hydrogen) atoms. The number of piperazine rings is 1. The van der Waals surface area contributed by atoms with Crippen LogP contribution in [0.2, 0.25) is 0 Å². The number of aliphatic imine (C=N–C) groups is 1. The van der Waals surface area contributed by atoms with Crippen molar-refractivity contribution in [2.24, 2.45) is 4.99 Å². The van der Waals surface area contributed by atoms with Crippen molar-refractivity contribution < 1.29 is 5.11 Å². The van der Waals surface area contributed by atoms with Gasteiger partial charge in [0.1, 0.15) is 10.8 Å². The van der Waals surface area contributed by atoms with E-state index in [-0.39, 0.29) is 6.04 Å². The Bertz CT molecular complexity index is 1060. The average Bonchev–Trinajstić information content (AvgIpc) is 3.06. The Morgan fingerprint density at radius 2 is 1.97 bits per heavy atom. The van der Waals surface area contributed by atoms with Crippen molar-refractivity contribution in [1.82, 2.24) is 10.2 Å². The van der Waals surface area contributed by atoms with Gasteiger partial charge >= 0.3 is 0 Å². The molecule has 5 rings (SSSR count). The molecule has 3 N–H and O–H groups in total. The molecule has 154 valence electrons. The lowest BCUT2D eigenvalue weighted by atomic mass is 10.00. The Balaban J connectivity index is 1.42. The van der Waals surface area contributed by atoms with Crippen LogP contribution in [0.5, 0.6) is 0 Å². The third kappa shape index (κ3) is 3.86. The lowest BCUT2D eigenvalue weighted by Crippen LogP contribution is -2.53. The number of para-hydroxylation sites is 2. The molecule has 1 fully saturated rings. The molecule has 2 aliphatic rings. The smallest absolute Gasteiger partial charge is 0.139 e. The predicted octanol–water partition coefficient (Wildman–Crippen LogP) is 4.59. The highest BCUT2D eigenvalue weighted by Crippen LogP contribution is 2.39. The second kappa shape index (κ2) is 8.22. The molecule has 6 heteroatoms. The zero-order chi connectivity index (χ0) is 20.5. The second-order valence-electron chi connectivity index (χ2n) is 7.94. The zero-order valence-electron chi connectivity index (χ0n) is 17.0. The van der Waals surface area contributed by atoms with Crippen molar-refractivity contribution in [2.75, 3.05) is 25.0 Å². The highest BCUT2D eigenvalue weighted by atomic mass is 32.1. The van der Waals surface area contributed by atoms with Crippen molar-refractivity contribution in [1.29, 1.82) is 0 Å². The summed E-state index contributed by atoms with van der Waals surface area (Å²) in [6.07, 6.45) is 0.207. The maximum Gasteiger partial charge on any atom is 0.139 e. The maximum absolute atomic E-state index is 10.7. The lowest BCUT2D eigenvalue weighted by Gasteiger charge is -2.36. The maximum atomic E-state index is 10.7. The van der Waals surface area contributed by atoms with Crippen molar-refractivity contribution in [3.8, 4) is 0 Å². The molecule has 0 aliphatic carbocycles. The average molecular weight is 419 g/mol. The molecule has 0 spiro atoms. The van der Waals surface area contributed by atoms with Crippen LogP contribution < -0.4 is 10.6 Å². The van der Waals surface area contributed by atoms with Gasteiger partial charge in [-0.25, -0.2) is 4.99 Å². The van der Waals surface area contributed by atoms with Crippen LogP contribution >= 0.6 is 11.3 Å². The van der Waals surface area contributed by atoms with E-state index < -0.39 is 6.10 Å². The summed E-state index contributed by atoms with van der Waals surface area (Å²) >= 11 is 1.77. The Kier molecular flexibility index (Phi) is 5.29. The second-order valence-corrected chi connectivity index (χ2v) is 9.19. The summed E-state index contributed by atoms with van der Waals surface area (Å²) in [4.78, 5) is 8.72. The first-order chi connectivity index (χ1) is 14.7. The van der Waals surface area contributed by atoms with E-state index in [1.807, 2.05) is 42.5 Å². The number of benzene rings is 2. The van der Waals surface area contributed by atoms with Gasteiger partial charge in [-0.2, -0.15) is 0 Å². The fraction of sp³-hybridized carbons (Fsp3) is 0.292. The van der Waals surface area contributed by atoms with Gasteiger partial charge in [0, 0.05) is 30.6 Å². The molecular weight excluding hydrogens is 392 g/mol. The van der Waals surface area contributed by atoms with Crippen LogP contribution in [-0.2, 0) is 0 Å². The molecule has 0 bridgehead atoms. The van der Waals surface area contributed by atoms with Gasteiger partial charge in [-0.1, -0.05) is 42.5 Å². The molecule has 3 aromatic rings. The Morgan fingerprint density at radius 3 is 2.83 bits per heavy atom. The molecule has 2 aliphatic heterocycles. The number of thiophene rings is 1. The van der Waals surface area contributed by atoms with Crippen LogP contribution in [0.25, 0.3) is 0 Å². The van der Waals surface area contributed by atoms with E-state index >= 15 is 0 Å². The summed E-state index contributed by atoms with van der Waals surface area (Å²) in [6, 6.07) is 20.6. The van der Waals surface area contributed by atoms with E-state index in [0.29, 0.717) is 6.42 Å². The number of aryl methyl sites for hydroxylation is 1. The van der Waals surface area contributed by atoms with Crippen LogP contribution in [0.1, 0.15) is 28.5 Å². The number of anilines is 2. The summed E-state index contributed by atoms with van der Waals surface area (Å²) in [5.74, 6) is 1.02. The van der Waals surface area contributed by atoms with Crippen molar-refractivity contribution >= 4 is 33.5 Å². The molecule has 2 aromatic carbocycles. The quantitative estimate of drug-likeness (QED) is 0.582. The van der Waals surface area contributed by atoms with Gasteiger partial charge in [0.15, 0.2) is 0 Å². The molecule has 1 saturated heterocycles. The van der Waals surface area contributed by atoms with E-state index in [4.69, 9.17) is 4.99 Å². The standard InChI is InChI=1S/C24H26N4OS/c1-16-13-19-23(26-20-9-5-6-10-21(20)27-24(19)30-16)28-12-11-25-18(15-28)14-22(29)17-7-3-2-4-8-17/h2-10,13,18,22,25,27,29H,11-12,14-15H2,1H3/t18-,22+/m0/s1. The summed E-state index contributed by atoms with van der Waals surface area (Å²) in [6.45, 7) is 4.73. The molecule has 5 nitrogen and oxygen atoms in total. The minimum atomic E-state index is -0.471. The largest absolute Gasteiger partial charge is 0.388 e. The van der Waals surface area contributed by atoms with Crippen LogP contribution in [-0.4, -0.2) is 41.5 Å². The van der Waals surface area contributed by atoms with E-state index in [2.05, 4.69) is 40.7 Å². The minimum Gasteiger partial charge on any atom is -0.388 e. The molecule has 0 amide bonds. The van der Waals surface area contributed by atoms with Crippen LogP contribution in [0.15, 0.2) is 65.7 Å². The van der Waals surface area contributed by atoms with E-state index in [9.17, 15) is 5.11 Å². The molecule has 1 aromatic heterocycles. The number of fused-ring (bicyclic) bond motifs is 2. The van der Waals surface area contributed by atoms with Gasteiger partial charge in [0.05, 0.1) is 23.0 Å². The summed E-state index contributed by atoms with van der Waals surface area (Å²) < 4.78 is 0. The highest BCUT2D eigenvalue weighted by molar-refractivity contribution is 7.16. The summed E-state index contributed by atoms with van der Waals surface area (Å²) in [5.41, 5.74) is 4.14. The Labute approximate surface area is 181 Å². The molecule has 3 heterocycles. The van der Waals surface area contributed by atoms with E-state index in [0.717, 1.165) is 53.0 Å². The molecule has 0 saturated carbocycles. The fourth-order valence-corrected chi connectivity index (χ4v) is 5.16. The first-order valence-electron chi connectivity index (χ1n) is 10.4. The Hall–Kier alpha value is -2.67. The van der Waals surface area contributed by atoms with Gasteiger partial charge in [-0.3, -0.25) is 0 Å². The minimum absolute atomic E-state index is 0.200. The normalized spacial score (nSPS) is 19.2. The number of nitrogens with one attached hydrogen (secondary N) is 2. The number of hydrogen-bond donors (Lipinski definition) is 3. The number of aliphatic hydroxyl groups is 1. The number of nitrogens with zero attached hydrogens (tertiary/aromatic N) is 2. The summed E-state index contributed by atoms with van der Waals surface area (Å²) in [5, 5.41) is 19.0. The third-order valence-electron chi connectivity index (χ3n) is 5.72. The first kappa shape index (κ1) is 19.3. The van der Waals surface area contributed by atoms with Gasteiger partial charge in [-0.05, 0) is 37.1 Å². The number of hydrogen-bond acceptors (Lipinski definition) is 6. The van der Waals surface area contributed by atoms with Gasteiger partial charge < -0.3 is 20.6 Å². The Morgan fingerprint density at radius 1 is 1.17 bits per heavy atom. The van der Waals surface area contributed by atoms with Gasteiger partial charge in [-0.15, -0.1) is 11.3 Å². The van der Waals surface area contributed by atoms with E-state index in [1.165, 1.54) is 4.88 Å². The molecule has 0 unspecified atom stereocenters. The number of rotatable bonds is 3. The molecule has 2 atom stereocenters. The van der Waals surface area contributed by atoms with Crippen molar-refractivity contribution in [2.45, 2.75) is 25.5 Å². The topological polar surface area (TPSA) is 59.9 Å². The van der Waals surface area contributed by atoms with Gasteiger partial charge in [0.25, 0.3) is 0 Å². The monoisotopic (exact) mass is 418 g/mol. The highest BCUT2D eigenvalue weighted by Gasteiger charge is 2.28.